The van der Waals surface area contributed by atoms with Crippen molar-refractivity contribution >= 4 is 5.82 Å². The molecule has 1 aromatic carbocycles. The standard InChI is InChI=1S/C21H21F3N4O2/c1-29-17-5-2-15(3-6-17)19-12-18(30-26-19)14-27-8-10-28(11-9-27)20-7-4-16(13-25-20)21(22,23)24/h2-7,12-13H,8-11,14H2,1H3. The van der Waals surface area contributed by atoms with Crippen LogP contribution in [0.3, 0.4) is 0 Å². The predicted molar refractivity (Wildman–Crippen MR) is 105 cm³/mol. The Bertz CT molecular complexity index is 963. The molecule has 0 amide bonds. The summed E-state index contributed by atoms with van der Waals surface area (Å²) in [6.07, 6.45) is -3.48. The summed E-state index contributed by atoms with van der Waals surface area (Å²) in [6, 6.07) is 12.0. The van der Waals surface area contributed by atoms with E-state index in [-0.39, 0.29) is 0 Å². The minimum absolute atomic E-state index is 0.559. The molecule has 4 rings (SSSR count). The van der Waals surface area contributed by atoms with E-state index in [0.717, 1.165) is 48.1 Å². The molecule has 0 unspecified atom stereocenters. The van der Waals surface area contributed by atoms with Gasteiger partial charge in [-0.3, -0.25) is 4.90 Å². The first-order valence-electron chi connectivity index (χ1n) is 9.53. The van der Waals surface area contributed by atoms with Crippen molar-refractivity contribution in [2.75, 3.05) is 38.2 Å². The number of pyridine rings is 1. The predicted octanol–water partition coefficient (Wildman–Crippen LogP) is 4.09. The van der Waals surface area contributed by atoms with E-state index in [4.69, 9.17) is 9.26 Å². The van der Waals surface area contributed by atoms with E-state index in [1.165, 1.54) is 6.07 Å². The number of benzene rings is 1. The third kappa shape index (κ3) is 4.56. The molecule has 1 aliphatic heterocycles. The average molecular weight is 418 g/mol. The maximum atomic E-state index is 12.7. The van der Waals surface area contributed by atoms with Crippen molar-refractivity contribution in [2.45, 2.75) is 12.7 Å². The Morgan fingerprint density at radius 1 is 1.03 bits per heavy atom. The van der Waals surface area contributed by atoms with E-state index in [2.05, 4.69) is 15.0 Å². The molecule has 6 nitrogen and oxygen atoms in total. The highest BCUT2D eigenvalue weighted by Gasteiger charge is 2.31. The van der Waals surface area contributed by atoms with Crippen molar-refractivity contribution in [1.82, 2.24) is 15.0 Å². The van der Waals surface area contributed by atoms with Crippen molar-refractivity contribution < 1.29 is 22.4 Å². The molecular weight excluding hydrogens is 397 g/mol. The SMILES string of the molecule is COc1ccc(-c2cc(CN3CCN(c4ccc(C(F)(F)F)cn4)CC3)on2)cc1. The van der Waals surface area contributed by atoms with E-state index >= 15 is 0 Å². The van der Waals surface area contributed by atoms with Gasteiger partial charge in [-0.2, -0.15) is 13.2 Å². The summed E-state index contributed by atoms with van der Waals surface area (Å²) in [5.41, 5.74) is 0.979. The third-order valence-electron chi connectivity index (χ3n) is 5.10. The maximum Gasteiger partial charge on any atom is 0.417 e. The van der Waals surface area contributed by atoms with E-state index in [1.807, 2.05) is 35.2 Å². The summed E-state index contributed by atoms with van der Waals surface area (Å²) < 4.78 is 48.7. The first-order chi connectivity index (χ1) is 14.4. The number of rotatable bonds is 5. The molecule has 3 aromatic rings. The second-order valence-corrected chi connectivity index (χ2v) is 7.07. The molecule has 0 bridgehead atoms. The lowest BCUT2D eigenvalue weighted by molar-refractivity contribution is -0.137. The third-order valence-corrected chi connectivity index (χ3v) is 5.10. The second kappa shape index (κ2) is 8.35. The number of halogens is 3. The smallest absolute Gasteiger partial charge is 0.417 e. The zero-order chi connectivity index (χ0) is 21.1. The molecule has 158 valence electrons. The molecule has 1 fully saturated rings. The fourth-order valence-electron chi connectivity index (χ4n) is 3.38. The van der Waals surface area contributed by atoms with Crippen LogP contribution in [-0.2, 0) is 12.7 Å². The molecule has 0 aliphatic carbocycles. The summed E-state index contributed by atoms with van der Waals surface area (Å²) >= 11 is 0. The molecule has 30 heavy (non-hydrogen) atoms. The van der Waals surface area contributed by atoms with Crippen LogP contribution >= 0.6 is 0 Å². The van der Waals surface area contributed by atoms with Gasteiger partial charge in [-0.05, 0) is 36.4 Å². The van der Waals surface area contributed by atoms with Crippen LogP contribution in [-0.4, -0.2) is 48.3 Å². The van der Waals surface area contributed by atoms with Gasteiger partial charge in [-0.25, -0.2) is 4.98 Å². The Morgan fingerprint density at radius 3 is 2.37 bits per heavy atom. The molecule has 0 N–H and O–H groups in total. The fourth-order valence-corrected chi connectivity index (χ4v) is 3.38. The number of ether oxygens (including phenoxy) is 1. The van der Waals surface area contributed by atoms with Crippen molar-refractivity contribution in [3.8, 4) is 17.0 Å². The minimum atomic E-state index is -4.37. The first-order valence-corrected chi connectivity index (χ1v) is 9.53. The number of methoxy groups -OCH3 is 1. The van der Waals surface area contributed by atoms with Gasteiger partial charge in [0.15, 0.2) is 5.76 Å². The molecule has 1 aliphatic rings. The van der Waals surface area contributed by atoms with Crippen LogP contribution in [0.4, 0.5) is 19.0 Å². The Labute approximate surface area is 171 Å². The average Bonchev–Trinajstić information content (AvgIpc) is 3.22. The molecule has 2 aromatic heterocycles. The topological polar surface area (TPSA) is 54.6 Å². The summed E-state index contributed by atoms with van der Waals surface area (Å²) in [5, 5.41) is 4.14. The van der Waals surface area contributed by atoms with E-state index in [9.17, 15) is 13.2 Å². The lowest BCUT2D eigenvalue weighted by atomic mass is 10.1. The number of aromatic nitrogens is 2. The van der Waals surface area contributed by atoms with Crippen LogP contribution in [0.1, 0.15) is 11.3 Å². The zero-order valence-corrected chi connectivity index (χ0v) is 16.4. The van der Waals surface area contributed by atoms with Crippen molar-refractivity contribution in [3.05, 3.63) is 60.0 Å². The quantitative estimate of drug-likeness (QED) is 0.622. The molecule has 1 saturated heterocycles. The number of hydrogen-bond donors (Lipinski definition) is 0. The van der Waals surface area contributed by atoms with Crippen LogP contribution in [0.2, 0.25) is 0 Å². The monoisotopic (exact) mass is 418 g/mol. The van der Waals surface area contributed by atoms with Gasteiger partial charge in [0, 0.05) is 44.0 Å². The number of piperazine rings is 1. The van der Waals surface area contributed by atoms with Gasteiger partial charge in [0.2, 0.25) is 0 Å². The number of nitrogens with zero attached hydrogens (tertiary/aromatic N) is 4. The van der Waals surface area contributed by atoms with Gasteiger partial charge in [-0.1, -0.05) is 5.16 Å². The van der Waals surface area contributed by atoms with Crippen molar-refractivity contribution in [1.29, 1.82) is 0 Å². The molecule has 0 radical (unpaired) electrons. The van der Waals surface area contributed by atoms with Crippen molar-refractivity contribution in [2.24, 2.45) is 0 Å². The summed E-state index contributed by atoms with van der Waals surface area (Å²) in [4.78, 5) is 8.18. The fraction of sp³-hybridized carbons (Fsp3) is 0.333. The zero-order valence-electron chi connectivity index (χ0n) is 16.4. The summed E-state index contributed by atoms with van der Waals surface area (Å²) in [5.74, 6) is 2.11. The summed E-state index contributed by atoms with van der Waals surface area (Å²) in [6.45, 7) is 3.48. The Morgan fingerprint density at radius 2 is 1.77 bits per heavy atom. The van der Waals surface area contributed by atoms with E-state index in [1.54, 1.807) is 7.11 Å². The van der Waals surface area contributed by atoms with Crippen LogP contribution in [0.5, 0.6) is 5.75 Å². The maximum absolute atomic E-state index is 12.7. The van der Waals surface area contributed by atoms with Gasteiger partial charge in [0.05, 0.1) is 19.2 Å². The number of hydrogen-bond acceptors (Lipinski definition) is 6. The summed E-state index contributed by atoms with van der Waals surface area (Å²) in [7, 11) is 1.62. The number of alkyl halides is 3. The second-order valence-electron chi connectivity index (χ2n) is 7.07. The van der Waals surface area contributed by atoms with Gasteiger partial charge in [-0.15, -0.1) is 0 Å². The first kappa shape index (κ1) is 20.2. The molecule has 0 saturated carbocycles. The molecule has 0 atom stereocenters. The Hall–Kier alpha value is -3.07. The molecule has 3 heterocycles. The van der Waals surface area contributed by atoms with Gasteiger partial charge in [0.1, 0.15) is 17.3 Å². The minimum Gasteiger partial charge on any atom is -0.497 e. The highest BCUT2D eigenvalue weighted by molar-refractivity contribution is 5.59. The Balaban J connectivity index is 1.32. The molecular formula is C21H21F3N4O2. The normalized spacial score (nSPS) is 15.4. The highest BCUT2D eigenvalue weighted by Crippen LogP contribution is 2.29. The van der Waals surface area contributed by atoms with Crippen LogP contribution in [0.25, 0.3) is 11.3 Å². The largest absolute Gasteiger partial charge is 0.497 e. The molecule has 9 heteroatoms. The van der Waals surface area contributed by atoms with E-state index in [0.29, 0.717) is 25.5 Å². The number of anilines is 1. The van der Waals surface area contributed by atoms with Crippen LogP contribution < -0.4 is 9.64 Å². The van der Waals surface area contributed by atoms with Crippen LogP contribution in [0.15, 0.2) is 53.2 Å². The Kier molecular flexibility index (Phi) is 5.63. The lowest BCUT2D eigenvalue weighted by Crippen LogP contribution is -2.46. The van der Waals surface area contributed by atoms with Gasteiger partial charge < -0.3 is 14.2 Å². The van der Waals surface area contributed by atoms with E-state index < -0.39 is 11.7 Å². The van der Waals surface area contributed by atoms with Gasteiger partial charge in [0.25, 0.3) is 0 Å². The highest BCUT2D eigenvalue weighted by atomic mass is 19.4. The lowest BCUT2D eigenvalue weighted by Gasteiger charge is -2.34. The van der Waals surface area contributed by atoms with Gasteiger partial charge >= 0.3 is 6.18 Å². The van der Waals surface area contributed by atoms with Crippen molar-refractivity contribution in [3.63, 3.8) is 0 Å². The van der Waals surface area contributed by atoms with Crippen LogP contribution in [0, 0.1) is 0 Å². The molecule has 0 spiro atoms.